The van der Waals surface area contributed by atoms with E-state index in [2.05, 4.69) is 5.32 Å². The lowest BCUT2D eigenvalue weighted by atomic mass is 10.1. The number of nitrogens with zero attached hydrogens (tertiary/aromatic N) is 1. The lowest BCUT2D eigenvalue weighted by molar-refractivity contribution is -0.118. The molecule has 2 aromatic rings. The zero-order valence-corrected chi connectivity index (χ0v) is 17.0. The summed E-state index contributed by atoms with van der Waals surface area (Å²) in [7, 11) is 0. The Balaban J connectivity index is 1.98. The molecule has 0 aromatic heterocycles. The molecule has 0 bridgehead atoms. The SMILES string of the molecule is CCN(CC)C(=O)c1ccc(NC(=O)COc2ccc(Cl)c(C)c2)cc1Cl. The number of anilines is 1. The van der Waals surface area contributed by atoms with Crippen molar-refractivity contribution in [1.82, 2.24) is 4.90 Å². The molecule has 0 saturated carbocycles. The van der Waals surface area contributed by atoms with Gasteiger partial charge in [-0.05, 0) is 62.7 Å². The minimum atomic E-state index is -0.332. The molecule has 2 rings (SSSR count). The van der Waals surface area contributed by atoms with Crippen LogP contribution in [0.1, 0.15) is 29.8 Å². The number of rotatable bonds is 7. The van der Waals surface area contributed by atoms with Crippen LogP contribution in [0.5, 0.6) is 5.75 Å². The molecule has 0 saturated heterocycles. The Morgan fingerprint density at radius 3 is 2.33 bits per heavy atom. The zero-order valence-electron chi connectivity index (χ0n) is 15.5. The highest BCUT2D eigenvalue weighted by Gasteiger charge is 2.16. The number of hydrogen-bond acceptors (Lipinski definition) is 3. The van der Waals surface area contributed by atoms with Crippen LogP contribution in [0.4, 0.5) is 5.69 Å². The van der Waals surface area contributed by atoms with Crippen LogP contribution in [0, 0.1) is 6.92 Å². The Bertz CT molecular complexity index is 836. The van der Waals surface area contributed by atoms with Crippen LogP contribution in [-0.4, -0.2) is 36.4 Å². The van der Waals surface area contributed by atoms with Gasteiger partial charge in [0.25, 0.3) is 11.8 Å². The van der Waals surface area contributed by atoms with Crippen molar-refractivity contribution in [3.8, 4) is 5.75 Å². The average molecular weight is 409 g/mol. The van der Waals surface area contributed by atoms with E-state index >= 15 is 0 Å². The summed E-state index contributed by atoms with van der Waals surface area (Å²) in [6, 6.07) is 10.0. The first-order valence-corrected chi connectivity index (χ1v) is 9.38. The molecule has 5 nitrogen and oxygen atoms in total. The number of nitrogens with one attached hydrogen (secondary N) is 1. The normalized spacial score (nSPS) is 10.4. The summed E-state index contributed by atoms with van der Waals surface area (Å²) in [5, 5.41) is 3.63. The fourth-order valence-corrected chi connectivity index (χ4v) is 2.88. The van der Waals surface area contributed by atoms with E-state index in [0.717, 1.165) is 5.56 Å². The Morgan fingerprint density at radius 2 is 1.74 bits per heavy atom. The first-order valence-electron chi connectivity index (χ1n) is 8.63. The highest BCUT2D eigenvalue weighted by Crippen LogP contribution is 2.23. The highest BCUT2D eigenvalue weighted by molar-refractivity contribution is 6.34. The largest absolute Gasteiger partial charge is 0.484 e. The predicted molar refractivity (Wildman–Crippen MR) is 109 cm³/mol. The van der Waals surface area contributed by atoms with Crippen molar-refractivity contribution in [2.24, 2.45) is 0 Å². The molecule has 0 aliphatic heterocycles. The van der Waals surface area contributed by atoms with Gasteiger partial charge in [0, 0.05) is 23.8 Å². The van der Waals surface area contributed by atoms with Crippen LogP contribution in [-0.2, 0) is 4.79 Å². The number of aryl methyl sites for hydroxylation is 1. The smallest absolute Gasteiger partial charge is 0.262 e. The van der Waals surface area contributed by atoms with Crippen molar-refractivity contribution in [3.63, 3.8) is 0 Å². The molecular weight excluding hydrogens is 387 g/mol. The number of benzene rings is 2. The lowest BCUT2D eigenvalue weighted by Crippen LogP contribution is -2.30. The maximum atomic E-state index is 12.4. The van der Waals surface area contributed by atoms with Gasteiger partial charge in [-0.1, -0.05) is 23.2 Å². The van der Waals surface area contributed by atoms with Crippen LogP contribution in [0.3, 0.4) is 0 Å². The molecule has 0 atom stereocenters. The third-order valence-corrected chi connectivity index (χ3v) is 4.77. The number of amides is 2. The molecule has 0 fully saturated rings. The maximum absolute atomic E-state index is 12.4. The summed E-state index contributed by atoms with van der Waals surface area (Å²) in [4.78, 5) is 26.2. The second-order valence-corrected chi connectivity index (χ2v) is 6.73. The first-order chi connectivity index (χ1) is 12.8. The molecule has 0 unspecified atom stereocenters. The molecule has 2 amide bonds. The van der Waals surface area contributed by atoms with E-state index in [4.69, 9.17) is 27.9 Å². The third kappa shape index (κ3) is 5.62. The second-order valence-electron chi connectivity index (χ2n) is 5.92. The minimum Gasteiger partial charge on any atom is -0.484 e. The van der Waals surface area contributed by atoms with E-state index in [1.807, 2.05) is 20.8 Å². The molecule has 0 spiro atoms. The van der Waals surface area contributed by atoms with Gasteiger partial charge in [0.05, 0.1) is 10.6 Å². The summed E-state index contributed by atoms with van der Waals surface area (Å²) in [5.41, 5.74) is 1.78. The number of carbonyl (C=O) groups excluding carboxylic acids is 2. The minimum absolute atomic E-state index is 0.135. The van der Waals surface area contributed by atoms with Crippen LogP contribution >= 0.6 is 23.2 Å². The van der Waals surface area contributed by atoms with E-state index in [0.29, 0.717) is 40.1 Å². The zero-order chi connectivity index (χ0) is 20.0. The molecule has 1 N–H and O–H groups in total. The third-order valence-electron chi connectivity index (χ3n) is 4.03. The van der Waals surface area contributed by atoms with Crippen LogP contribution in [0.15, 0.2) is 36.4 Å². The van der Waals surface area contributed by atoms with Gasteiger partial charge in [0.15, 0.2) is 6.61 Å². The fraction of sp³-hybridized carbons (Fsp3) is 0.300. The second kappa shape index (κ2) is 9.62. The lowest BCUT2D eigenvalue weighted by Gasteiger charge is -2.19. The number of hydrogen-bond donors (Lipinski definition) is 1. The van der Waals surface area contributed by atoms with Gasteiger partial charge in [-0.2, -0.15) is 0 Å². The van der Waals surface area contributed by atoms with E-state index in [1.165, 1.54) is 0 Å². The molecule has 144 valence electrons. The number of ether oxygens (including phenoxy) is 1. The van der Waals surface area contributed by atoms with Crippen molar-refractivity contribution in [2.45, 2.75) is 20.8 Å². The Hall–Kier alpha value is -2.24. The van der Waals surface area contributed by atoms with Crippen molar-refractivity contribution >= 4 is 40.7 Å². The molecule has 27 heavy (non-hydrogen) atoms. The van der Waals surface area contributed by atoms with Crippen molar-refractivity contribution in [2.75, 3.05) is 25.0 Å². The summed E-state index contributed by atoms with van der Waals surface area (Å²) < 4.78 is 5.46. The van der Waals surface area contributed by atoms with E-state index < -0.39 is 0 Å². The maximum Gasteiger partial charge on any atom is 0.262 e. The van der Waals surface area contributed by atoms with E-state index in [1.54, 1.807) is 41.3 Å². The summed E-state index contributed by atoms with van der Waals surface area (Å²) >= 11 is 12.2. The Labute approximate surface area is 169 Å². The highest BCUT2D eigenvalue weighted by atomic mass is 35.5. The van der Waals surface area contributed by atoms with Crippen molar-refractivity contribution in [1.29, 1.82) is 0 Å². The van der Waals surface area contributed by atoms with Crippen LogP contribution in [0.2, 0.25) is 10.0 Å². The molecule has 7 heteroatoms. The molecular formula is C20H22Cl2N2O3. The van der Waals surface area contributed by atoms with Gasteiger partial charge in [-0.3, -0.25) is 9.59 Å². The fourth-order valence-electron chi connectivity index (χ4n) is 2.50. The molecule has 0 aliphatic rings. The predicted octanol–water partition coefficient (Wildman–Crippen LogP) is 4.80. The number of halogens is 2. The first kappa shape index (κ1) is 21.1. The van der Waals surface area contributed by atoms with Gasteiger partial charge in [-0.25, -0.2) is 0 Å². The number of carbonyl (C=O) groups is 2. The van der Waals surface area contributed by atoms with E-state index in [9.17, 15) is 9.59 Å². The van der Waals surface area contributed by atoms with Crippen molar-refractivity contribution < 1.29 is 14.3 Å². The Kier molecular flexibility index (Phi) is 7.51. The Morgan fingerprint density at radius 1 is 1.04 bits per heavy atom. The van der Waals surface area contributed by atoms with Gasteiger partial charge in [0.1, 0.15) is 5.75 Å². The summed E-state index contributed by atoms with van der Waals surface area (Å²) in [6.45, 7) is 6.73. The van der Waals surface area contributed by atoms with Gasteiger partial charge < -0.3 is 15.0 Å². The average Bonchev–Trinajstić information content (AvgIpc) is 2.63. The quantitative estimate of drug-likeness (QED) is 0.715. The monoisotopic (exact) mass is 408 g/mol. The molecule has 0 radical (unpaired) electrons. The van der Waals surface area contributed by atoms with Gasteiger partial charge in [-0.15, -0.1) is 0 Å². The topological polar surface area (TPSA) is 58.6 Å². The molecule has 2 aromatic carbocycles. The van der Waals surface area contributed by atoms with Crippen LogP contribution in [0.25, 0.3) is 0 Å². The van der Waals surface area contributed by atoms with Crippen LogP contribution < -0.4 is 10.1 Å². The van der Waals surface area contributed by atoms with Crippen molar-refractivity contribution in [3.05, 3.63) is 57.6 Å². The molecule has 0 aliphatic carbocycles. The molecule has 0 heterocycles. The standard InChI is InChI=1S/C20H22Cl2N2O3/c1-4-24(5-2)20(26)16-8-6-14(11-18(16)22)23-19(25)12-27-15-7-9-17(21)13(3)10-15/h6-11H,4-5,12H2,1-3H3,(H,23,25). The summed E-state index contributed by atoms with van der Waals surface area (Å²) in [5.74, 6) is 0.0936. The summed E-state index contributed by atoms with van der Waals surface area (Å²) in [6.07, 6.45) is 0. The van der Waals surface area contributed by atoms with Gasteiger partial charge in [0.2, 0.25) is 0 Å². The van der Waals surface area contributed by atoms with Gasteiger partial charge >= 0.3 is 0 Å². The van der Waals surface area contributed by atoms with E-state index in [-0.39, 0.29) is 18.4 Å².